The highest BCUT2D eigenvalue weighted by Crippen LogP contribution is 2.25. The number of carbonyl (C=O) groups excluding carboxylic acids is 1. The number of pyridine rings is 1. The molecule has 0 saturated carbocycles. The quantitative estimate of drug-likeness (QED) is 0.607. The van der Waals surface area contributed by atoms with Crippen LogP contribution in [0.3, 0.4) is 0 Å². The van der Waals surface area contributed by atoms with Crippen molar-refractivity contribution in [2.75, 3.05) is 5.73 Å². The molecule has 0 fully saturated rings. The lowest BCUT2D eigenvalue weighted by atomic mass is 10.00. The summed E-state index contributed by atoms with van der Waals surface area (Å²) in [6, 6.07) is 6.75. The molecule has 3 N–H and O–H groups in total. The number of aromatic nitrogens is 1. The van der Waals surface area contributed by atoms with E-state index in [1.807, 2.05) is 13.0 Å². The van der Waals surface area contributed by atoms with Gasteiger partial charge >= 0.3 is 0 Å². The molecule has 0 atom stereocenters. The number of aromatic amines is 1. The van der Waals surface area contributed by atoms with Crippen LogP contribution < -0.4 is 11.3 Å². The zero-order valence-electron chi connectivity index (χ0n) is 9.36. The fourth-order valence-corrected chi connectivity index (χ4v) is 1.68. The van der Waals surface area contributed by atoms with E-state index in [1.54, 1.807) is 18.3 Å². The zero-order chi connectivity index (χ0) is 12.4. The second-order valence-corrected chi connectivity index (χ2v) is 3.86. The number of nitrogens with one attached hydrogen (secondary N) is 1. The number of rotatable bonds is 2. The van der Waals surface area contributed by atoms with Crippen LogP contribution in [0.15, 0.2) is 35.3 Å². The second-order valence-electron chi connectivity index (χ2n) is 3.86. The minimum absolute atomic E-state index is 0.156. The molecule has 4 heteroatoms. The molecule has 0 amide bonds. The van der Waals surface area contributed by atoms with Gasteiger partial charge in [0, 0.05) is 23.5 Å². The fraction of sp³-hybridized carbons (Fsp3) is 0.0769. The molecule has 4 nitrogen and oxygen atoms in total. The van der Waals surface area contributed by atoms with Gasteiger partial charge in [-0.15, -0.1) is 0 Å². The maximum Gasteiger partial charge on any atom is 0.247 e. The van der Waals surface area contributed by atoms with Gasteiger partial charge in [0.2, 0.25) is 5.56 Å². The van der Waals surface area contributed by atoms with Gasteiger partial charge in [0.15, 0.2) is 6.29 Å². The van der Waals surface area contributed by atoms with Gasteiger partial charge in [-0.1, -0.05) is 0 Å². The third kappa shape index (κ3) is 2.10. The van der Waals surface area contributed by atoms with E-state index in [2.05, 4.69) is 4.98 Å². The Morgan fingerprint density at radius 1 is 1.24 bits per heavy atom. The predicted octanol–water partition coefficient (Wildman–Crippen LogP) is 1.75. The first-order valence-corrected chi connectivity index (χ1v) is 5.16. The molecule has 1 heterocycles. The van der Waals surface area contributed by atoms with Crippen molar-refractivity contribution in [2.45, 2.75) is 6.92 Å². The molecule has 0 radical (unpaired) electrons. The molecule has 17 heavy (non-hydrogen) atoms. The Morgan fingerprint density at radius 3 is 2.59 bits per heavy atom. The number of nitrogens with two attached hydrogens (primary N) is 1. The second kappa shape index (κ2) is 4.25. The molecule has 0 aliphatic rings. The van der Waals surface area contributed by atoms with Gasteiger partial charge in [-0.05, 0) is 41.8 Å². The van der Waals surface area contributed by atoms with Gasteiger partial charge in [0.05, 0.1) is 0 Å². The molecule has 2 aromatic rings. The Balaban J connectivity index is 2.60. The van der Waals surface area contributed by atoms with Gasteiger partial charge in [0.25, 0.3) is 0 Å². The molecule has 0 spiro atoms. The Bertz CT molecular complexity index is 609. The van der Waals surface area contributed by atoms with Crippen molar-refractivity contribution in [3.8, 4) is 11.1 Å². The number of hydrogen-bond donors (Lipinski definition) is 2. The summed E-state index contributed by atoms with van der Waals surface area (Å²) in [4.78, 5) is 24.4. The third-order valence-electron chi connectivity index (χ3n) is 2.66. The van der Waals surface area contributed by atoms with Crippen LogP contribution >= 0.6 is 0 Å². The van der Waals surface area contributed by atoms with Gasteiger partial charge < -0.3 is 10.7 Å². The molecule has 0 saturated heterocycles. The molecular formula is C13H12N2O2. The summed E-state index contributed by atoms with van der Waals surface area (Å²) in [5.74, 6) is 0. The van der Waals surface area contributed by atoms with Crippen LogP contribution in [0.2, 0.25) is 0 Å². The van der Waals surface area contributed by atoms with E-state index < -0.39 is 0 Å². The number of H-pyrrole nitrogens is 1. The van der Waals surface area contributed by atoms with E-state index in [0.717, 1.165) is 23.0 Å². The number of nitrogen functional groups attached to an aromatic ring is 1. The lowest BCUT2D eigenvalue weighted by molar-refractivity contribution is 0.112. The molecule has 0 bridgehead atoms. The minimum Gasteiger partial charge on any atom is -0.398 e. The van der Waals surface area contributed by atoms with E-state index >= 15 is 0 Å². The van der Waals surface area contributed by atoms with Crippen molar-refractivity contribution < 1.29 is 4.79 Å². The highest BCUT2D eigenvalue weighted by molar-refractivity contribution is 5.87. The summed E-state index contributed by atoms with van der Waals surface area (Å²) >= 11 is 0. The third-order valence-corrected chi connectivity index (χ3v) is 2.66. The van der Waals surface area contributed by atoms with Crippen molar-refractivity contribution in [3.63, 3.8) is 0 Å². The summed E-state index contributed by atoms with van der Waals surface area (Å²) in [6.45, 7) is 1.84. The summed E-state index contributed by atoms with van der Waals surface area (Å²) in [5, 5.41) is 0. The van der Waals surface area contributed by atoms with Crippen LogP contribution in [-0.2, 0) is 0 Å². The SMILES string of the molecule is Cc1cc(-c2ccc(=O)[nH]c2)cc(C=O)c1N. The van der Waals surface area contributed by atoms with Gasteiger partial charge in [-0.3, -0.25) is 9.59 Å². The van der Waals surface area contributed by atoms with E-state index in [4.69, 9.17) is 5.73 Å². The first-order valence-electron chi connectivity index (χ1n) is 5.16. The van der Waals surface area contributed by atoms with E-state index in [-0.39, 0.29) is 5.56 Å². The topological polar surface area (TPSA) is 76.0 Å². The molecular weight excluding hydrogens is 216 g/mol. The van der Waals surface area contributed by atoms with Gasteiger partial charge in [-0.25, -0.2) is 0 Å². The Morgan fingerprint density at radius 2 is 2.00 bits per heavy atom. The van der Waals surface area contributed by atoms with Crippen LogP contribution in [0.4, 0.5) is 5.69 Å². The highest BCUT2D eigenvalue weighted by Gasteiger charge is 2.06. The predicted molar refractivity (Wildman–Crippen MR) is 67.0 cm³/mol. The molecule has 2 rings (SSSR count). The summed E-state index contributed by atoms with van der Waals surface area (Å²) in [7, 11) is 0. The zero-order valence-corrected chi connectivity index (χ0v) is 9.36. The Hall–Kier alpha value is -2.36. The highest BCUT2D eigenvalue weighted by atomic mass is 16.1. The van der Waals surface area contributed by atoms with Crippen molar-refractivity contribution in [1.82, 2.24) is 4.98 Å². The largest absolute Gasteiger partial charge is 0.398 e. The van der Waals surface area contributed by atoms with Crippen LogP contribution in [0.5, 0.6) is 0 Å². The number of aryl methyl sites for hydroxylation is 1. The first-order chi connectivity index (χ1) is 8.11. The number of aldehydes is 1. The van der Waals surface area contributed by atoms with Crippen LogP contribution in [0.25, 0.3) is 11.1 Å². The normalized spacial score (nSPS) is 10.2. The average molecular weight is 228 g/mol. The molecule has 1 aromatic carbocycles. The Labute approximate surface area is 98.1 Å². The summed E-state index contributed by atoms with van der Waals surface area (Å²) in [5.41, 5.74) is 9.12. The maximum atomic E-state index is 11.0. The maximum absolute atomic E-state index is 11.0. The molecule has 1 aromatic heterocycles. The van der Waals surface area contributed by atoms with Crippen LogP contribution in [-0.4, -0.2) is 11.3 Å². The van der Waals surface area contributed by atoms with Crippen molar-refractivity contribution in [3.05, 3.63) is 51.9 Å². The number of hydrogen-bond acceptors (Lipinski definition) is 3. The van der Waals surface area contributed by atoms with Gasteiger partial charge in [-0.2, -0.15) is 0 Å². The van der Waals surface area contributed by atoms with Crippen molar-refractivity contribution >= 4 is 12.0 Å². The number of benzene rings is 1. The Kier molecular flexibility index (Phi) is 2.78. The standard InChI is InChI=1S/C13H12N2O2/c1-8-4-10(5-11(7-16)13(8)14)9-2-3-12(17)15-6-9/h2-7H,14H2,1H3,(H,15,17). The van der Waals surface area contributed by atoms with E-state index in [9.17, 15) is 9.59 Å². The monoisotopic (exact) mass is 228 g/mol. The van der Waals surface area contributed by atoms with E-state index in [0.29, 0.717) is 11.3 Å². The smallest absolute Gasteiger partial charge is 0.247 e. The lowest BCUT2D eigenvalue weighted by Crippen LogP contribution is -2.02. The van der Waals surface area contributed by atoms with E-state index in [1.165, 1.54) is 6.07 Å². The molecule has 0 unspecified atom stereocenters. The summed E-state index contributed by atoms with van der Waals surface area (Å²) in [6.07, 6.45) is 2.35. The van der Waals surface area contributed by atoms with Crippen LogP contribution in [0, 0.1) is 6.92 Å². The number of anilines is 1. The summed E-state index contributed by atoms with van der Waals surface area (Å²) < 4.78 is 0. The van der Waals surface area contributed by atoms with Crippen molar-refractivity contribution in [1.29, 1.82) is 0 Å². The first kappa shape index (κ1) is 11.1. The van der Waals surface area contributed by atoms with Gasteiger partial charge in [0.1, 0.15) is 0 Å². The molecule has 86 valence electrons. The van der Waals surface area contributed by atoms with Crippen molar-refractivity contribution in [2.24, 2.45) is 0 Å². The molecule has 0 aliphatic carbocycles. The minimum atomic E-state index is -0.156. The lowest BCUT2D eigenvalue weighted by Gasteiger charge is -2.08. The average Bonchev–Trinajstić information content (AvgIpc) is 2.33. The fourth-order valence-electron chi connectivity index (χ4n) is 1.68. The number of carbonyl (C=O) groups is 1. The molecule has 0 aliphatic heterocycles. The van der Waals surface area contributed by atoms with Crippen LogP contribution in [0.1, 0.15) is 15.9 Å².